The molecule has 0 aliphatic heterocycles. The zero-order valence-corrected chi connectivity index (χ0v) is 42.3. The third-order valence-electron chi connectivity index (χ3n) is 13.0. The molecular formula is C62H52O3Si4. The van der Waals surface area contributed by atoms with Crippen LogP contribution in [-0.2, 0) is 12.3 Å². The molecule has 0 amide bonds. The van der Waals surface area contributed by atoms with Crippen LogP contribution in [-0.4, -0.2) is 33.8 Å². The fourth-order valence-corrected chi connectivity index (χ4v) is 31.6. The van der Waals surface area contributed by atoms with E-state index in [1.54, 1.807) is 0 Å². The van der Waals surface area contributed by atoms with Gasteiger partial charge >= 0.3 is 17.1 Å². The summed E-state index contributed by atoms with van der Waals surface area (Å²) in [7, 11) is -15.5. The first kappa shape index (κ1) is 45.5. The minimum atomic E-state index is -4.16. The molecule has 0 N–H and O–H groups in total. The summed E-state index contributed by atoms with van der Waals surface area (Å²) >= 11 is 0. The lowest BCUT2D eigenvalue weighted by atomic mass is 10.2. The van der Waals surface area contributed by atoms with E-state index in [1.165, 1.54) is 0 Å². The lowest BCUT2D eigenvalue weighted by Gasteiger charge is -2.49. The van der Waals surface area contributed by atoms with Crippen LogP contribution in [0.25, 0.3) is 6.08 Å². The zero-order valence-electron chi connectivity index (χ0n) is 38.3. The monoisotopic (exact) mass is 956 g/mol. The Balaban J connectivity index is 1.37. The van der Waals surface area contributed by atoms with E-state index in [4.69, 9.17) is 12.3 Å². The fourth-order valence-electron chi connectivity index (χ4n) is 9.68. The molecule has 0 saturated heterocycles. The summed E-state index contributed by atoms with van der Waals surface area (Å²) in [6.45, 7) is 4.13. The highest BCUT2D eigenvalue weighted by Gasteiger charge is 2.62. The average Bonchev–Trinajstić information content (AvgIpc) is 3.45. The maximum Gasteiger partial charge on any atom is 0.389 e. The second kappa shape index (κ2) is 20.5. The van der Waals surface area contributed by atoms with E-state index in [-0.39, 0.29) is 0 Å². The molecular weight excluding hydrogens is 905 g/mol. The van der Waals surface area contributed by atoms with Crippen molar-refractivity contribution in [2.45, 2.75) is 0 Å². The Kier molecular flexibility index (Phi) is 13.5. The fraction of sp³-hybridized carbons (Fsp3) is 0. The zero-order chi connectivity index (χ0) is 46.8. The van der Waals surface area contributed by atoms with Crippen LogP contribution in [0.5, 0.6) is 0 Å². The van der Waals surface area contributed by atoms with Gasteiger partial charge in [0.25, 0.3) is 16.6 Å². The van der Waals surface area contributed by atoms with Gasteiger partial charge in [-0.05, 0) is 57.4 Å². The summed E-state index contributed by atoms with van der Waals surface area (Å²) in [5.74, 6) is 0. The summed E-state index contributed by atoms with van der Waals surface area (Å²) in [6.07, 6.45) is 1.90. The van der Waals surface area contributed by atoms with Crippen molar-refractivity contribution < 1.29 is 12.3 Å². The molecule has 0 heterocycles. The van der Waals surface area contributed by atoms with Crippen LogP contribution in [0.4, 0.5) is 0 Å². The second-order valence-corrected chi connectivity index (χ2v) is 30.4. The van der Waals surface area contributed by atoms with E-state index in [0.29, 0.717) is 0 Å². The van der Waals surface area contributed by atoms with E-state index in [0.717, 1.165) is 57.4 Å². The van der Waals surface area contributed by atoms with Gasteiger partial charge in [-0.3, -0.25) is 0 Å². The Hall–Kier alpha value is -7.31. The Bertz CT molecular complexity index is 2960. The molecule has 0 aliphatic carbocycles. The molecule has 69 heavy (non-hydrogen) atoms. The highest BCUT2D eigenvalue weighted by atomic mass is 28.5. The van der Waals surface area contributed by atoms with E-state index >= 15 is 0 Å². The van der Waals surface area contributed by atoms with Crippen molar-refractivity contribution in [3.05, 3.63) is 309 Å². The first-order valence-electron chi connectivity index (χ1n) is 23.4. The Morgan fingerprint density at radius 2 is 0.406 bits per heavy atom. The second-order valence-electron chi connectivity index (χ2n) is 17.0. The standard InChI is InChI=1S/C62H52O3Si4/c1-2-52-48-50-58(51-49-52)67(56-36-18-6-19-37-56,57-38-20-7-21-39-57)64-69(61-44-26-10-27-45-61,62-46-28-11-29-47-62)65-68(59-40-22-8-23-41-59,60-42-24-9-25-43-60)63-66(53-30-12-3-13-31-53,54-32-14-4-15-33-54)55-34-16-5-17-35-55/h2-51H,1H2. The first-order valence-corrected chi connectivity index (χ1v) is 30.9. The van der Waals surface area contributed by atoms with Gasteiger partial charge in [-0.2, -0.15) is 0 Å². The smallest absolute Gasteiger partial charge is 0.389 e. The van der Waals surface area contributed by atoms with Crippen LogP contribution in [0.1, 0.15) is 5.56 Å². The topological polar surface area (TPSA) is 27.7 Å². The summed E-state index contributed by atoms with van der Waals surface area (Å²) in [4.78, 5) is 0. The van der Waals surface area contributed by atoms with Crippen molar-refractivity contribution in [1.29, 1.82) is 0 Å². The summed E-state index contributed by atoms with van der Waals surface area (Å²) in [6, 6.07) is 106. The number of hydrogen-bond acceptors (Lipinski definition) is 3. The van der Waals surface area contributed by atoms with Crippen LogP contribution in [0.2, 0.25) is 0 Å². The Labute approximate surface area is 411 Å². The number of hydrogen-bond donors (Lipinski definition) is 0. The van der Waals surface area contributed by atoms with E-state index in [1.807, 2.05) is 6.08 Å². The van der Waals surface area contributed by atoms with Crippen LogP contribution in [0.15, 0.2) is 304 Å². The van der Waals surface area contributed by atoms with E-state index in [2.05, 4.69) is 304 Å². The molecule has 3 nitrogen and oxygen atoms in total. The van der Waals surface area contributed by atoms with E-state index in [9.17, 15) is 0 Å². The first-order chi connectivity index (χ1) is 34.1. The normalized spacial score (nSPS) is 12.0. The van der Waals surface area contributed by atoms with E-state index < -0.39 is 33.8 Å². The largest absolute Gasteiger partial charge is 0.419 e. The maximum atomic E-state index is 8.94. The van der Waals surface area contributed by atoms with Crippen molar-refractivity contribution in [3.63, 3.8) is 0 Å². The van der Waals surface area contributed by atoms with Gasteiger partial charge in [-0.15, -0.1) is 0 Å². The quantitative estimate of drug-likeness (QED) is 0.0699. The minimum Gasteiger partial charge on any atom is -0.419 e. The Morgan fingerprint density at radius 3 is 0.609 bits per heavy atom. The molecule has 0 bridgehead atoms. The van der Waals surface area contributed by atoms with Crippen LogP contribution >= 0.6 is 0 Å². The molecule has 0 unspecified atom stereocenters. The molecule has 334 valence electrons. The molecule has 0 atom stereocenters. The van der Waals surface area contributed by atoms with Gasteiger partial charge in [0.15, 0.2) is 0 Å². The SMILES string of the molecule is C=Cc1ccc([Si](O[Si](O[Si](O[Si](c2ccccc2)(c2ccccc2)c2ccccc2)(c2ccccc2)c2ccccc2)(c2ccccc2)c2ccccc2)(c2ccccc2)c2ccccc2)cc1. The number of rotatable bonds is 17. The average molecular weight is 957 g/mol. The highest BCUT2D eigenvalue weighted by Crippen LogP contribution is 2.27. The molecule has 10 rings (SSSR count). The predicted molar refractivity (Wildman–Crippen MR) is 297 cm³/mol. The molecule has 0 saturated carbocycles. The lowest BCUT2D eigenvalue weighted by Crippen LogP contribution is -2.84. The summed E-state index contributed by atoms with van der Waals surface area (Å²) < 4.78 is 26.6. The van der Waals surface area contributed by atoms with Crippen molar-refractivity contribution in [3.8, 4) is 0 Å². The highest BCUT2D eigenvalue weighted by molar-refractivity contribution is 7.18. The van der Waals surface area contributed by atoms with Crippen molar-refractivity contribution in [2.24, 2.45) is 0 Å². The van der Waals surface area contributed by atoms with Crippen LogP contribution in [0, 0.1) is 0 Å². The van der Waals surface area contributed by atoms with Gasteiger partial charge in [0.05, 0.1) is 0 Å². The molecule has 10 aromatic carbocycles. The van der Waals surface area contributed by atoms with Gasteiger partial charge in [-0.25, -0.2) is 0 Å². The van der Waals surface area contributed by atoms with Gasteiger partial charge in [0, 0.05) is 0 Å². The minimum absolute atomic E-state index is 0.974. The summed E-state index contributed by atoms with van der Waals surface area (Å²) in [5.41, 5.74) is 1.03. The van der Waals surface area contributed by atoms with Crippen molar-refractivity contribution >= 4 is 91.7 Å². The van der Waals surface area contributed by atoms with Gasteiger partial charge in [0.1, 0.15) is 0 Å². The molecule has 0 aliphatic rings. The molecule has 0 radical (unpaired) electrons. The lowest BCUT2D eigenvalue weighted by molar-refractivity contribution is 0.363. The molecule has 0 spiro atoms. The molecule has 10 aromatic rings. The maximum absolute atomic E-state index is 8.94. The van der Waals surface area contributed by atoms with Crippen molar-refractivity contribution in [2.75, 3.05) is 0 Å². The van der Waals surface area contributed by atoms with Crippen LogP contribution < -0.4 is 51.9 Å². The van der Waals surface area contributed by atoms with Gasteiger partial charge < -0.3 is 12.3 Å². The van der Waals surface area contributed by atoms with Gasteiger partial charge in [-0.1, -0.05) is 310 Å². The third kappa shape index (κ3) is 8.74. The van der Waals surface area contributed by atoms with Gasteiger partial charge in [0.2, 0.25) is 0 Å². The predicted octanol–water partition coefficient (Wildman–Crippen LogP) is 7.53. The van der Waals surface area contributed by atoms with Crippen molar-refractivity contribution in [1.82, 2.24) is 0 Å². The number of benzene rings is 10. The van der Waals surface area contributed by atoms with Crippen LogP contribution in [0.3, 0.4) is 0 Å². The summed E-state index contributed by atoms with van der Waals surface area (Å²) in [5, 5.41) is 10.5. The third-order valence-corrected chi connectivity index (χ3v) is 31.3. The molecule has 7 heteroatoms. The molecule has 0 fully saturated rings. The molecule has 0 aromatic heterocycles. The Morgan fingerprint density at radius 1 is 0.217 bits per heavy atom.